The highest BCUT2D eigenvalue weighted by Crippen LogP contribution is 2.17. The number of rotatable bonds is 9. The Bertz CT molecular complexity index is 837. The van der Waals surface area contributed by atoms with Gasteiger partial charge in [0.25, 0.3) is 0 Å². The number of benzene rings is 2. The van der Waals surface area contributed by atoms with Crippen molar-refractivity contribution in [3.8, 4) is 0 Å². The highest BCUT2D eigenvalue weighted by molar-refractivity contribution is 6.30. The van der Waals surface area contributed by atoms with Gasteiger partial charge in [0.15, 0.2) is 0 Å². The van der Waals surface area contributed by atoms with Crippen molar-refractivity contribution in [2.75, 3.05) is 0 Å². The fraction of sp³-hybridized carbons (Fsp3) is 0.417. The molecule has 0 unspecified atom stereocenters. The average Bonchev–Trinajstić information content (AvgIpc) is 2.67. The number of halogens is 1. The van der Waals surface area contributed by atoms with Crippen LogP contribution in [0, 0.1) is 6.92 Å². The fourth-order valence-corrected chi connectivity index (χ4v) is 3.50. The van der Waals surface area contributed by atoms with Crippen molar-refractivity contribution in [1.82, 2.24) is 10.2 Å². The molecule has 2 amide bonds. The van der Waals surface area contributed by atoms with Gasteiger partial charge in [0.2, 0.25) is 11.8 Å². The summed E-state index contributed by atoms with van der Waals surface area (Å²) in [5.74, 6) is -0.186. The van der Waals surface area contributed by atoms with Crippen LogP contribution in [-0.4, -0.2) is 28.8 Å². The summed E-state index contributed by atoms with van der Waals surface area (Å²) in [6.45, 7) is 8.36. The molecule has 0 aromatic heterocycles. The van der Waals surface area contributed by atoms with Gasteiger partial charge in [-0.05, 0) is 49.9 Å². The van der Waals surface area contributed by atoms with Crippen molar-refractivity contribution >= 4 is 23.4 Å². The summed E-state index contributed by atoms with van der Waals surface area (Å²) < 4.78 is 0. The molecule has 1 N–H and O–H groups in total. The summed E-state index contributed by atoms with van der Waals surface area (Å²) >= 11 is 6.08. The average molecular weight is 415 g/mol. The number of aryl methyl sites for hydroxylation is 1. The molecule has 2 atom stereocenters. The Kier molecular flexibility index (Phi) is 8.71. The Morgan fingerprint density at radius 2 is 1.72 bits per heavy atom. The van der Waals surface area contributed by atoms with Gasteiger partial charge in [-0.2, -0.15) is 0 Å². The first-order chi connectivity index (χ1) is 13.8. The van der Waals surface area contributed by atoms with E-state index in [0.717, 1.165) is 23.1 Å². The zero-order valence-corrected chi connectivity index (χ0v) is 18.5. The summed E-state index contributed by atoms with van der Waals surface area (Å²) in [5, 5.41) is 3.63. The molecule has 2 rings (SSSR count). The summed E-state index contributed by atoms with van der Waals surface area (Å²) in [6.07, 6.45) is 1.60. The molecule has 29 heavy (non-hydrogen) atoms. The third-order valence-corrected chi connectivity index (χ3v) is 5.30. The van der Waals surface area contributed by atoms with Crippen LogP contribution >= 0.6 is 11.6 Å². The van der Waals surface area contributed by atoms with Crippen molar-refractivity contribution in [2.45, 2.75) is 65.6 Å². The van der Waals surface area contributed by atoms with Crippen molar-refractivity contribution in [1.29, 1.82) is 0 Å². The Hall–Kier alpha value is -2.33. The summed E-state index contributed by atoms with van der Waals surface area (Å²) in [6, 6.07) is 14.9. The third-order valence-electron chi connectivity index (χ3n) is 5.07. The first-order valence-electron chi connectivity index (χ1n) is 10.2. The van der Waals surface area contributed by atoms with E-state index in [-0.39, 0.29) is 24.3 Å². The van der Waals surface area contributed by atoms with E-state index in [1.165, 1.54) is 0 Å². The maximum atomic E-state index is 13.3. The van der Waals surface area contributed by atoms with Crippen molar-refractivity contribution in [3.05, 3.63) is 70.2 Å². The molecule has 0 saturated heterocycles. The van der Waals surface area contributed by atoms with E-state index in [1.807, 2.05) is 58.0 Å². The monoisotopic (exact) mass is 414 g/mol. The van der Waals surface area contributed by atoms with Gasteiger partial charge in [-0.1, -0.05) is 67.4 Å². The largest absolute Gasteiger partial charge is 0.352 e. The van der Waals surface area contributed by atoms with E-state index in [4.69, 9.17) is 11.6 Å². The van der Waals surface area contributed by atoms with Gasteiger partial charge in [-0.3, -0.25) is 9.59 Å². The molecule has 0 heterocycles. The number of carbonyl (C=O) groups is 2. The molecular weight excluding hydrogens is 384 g/mol. The number of hydrogen-bond acceptors (Lipinski definition) is 2. The second-order valence-corrected chi connectivity index (χ2v) is 8.00. The van der Waals surface area contributed by atoms with Crippen LogP contribution in [0.4, 0.5) is 0 Å². The quantitative estimate of drug-likeness (QED) is 0.633. The van der Waals surface area contributed by atoms with E-state index in [1.54, 1.807) is 17.0 Å². The maximum Gasteiger partial charge on any atom is 0.243 e. The standard InChI is InChI=1S/C24H31ClN2O2/c1-5-18(4)26-24(29)22(6-2)27(16-20-11-7-9-17(3)13-20)23(28)15-19-10-8-12-21(25)14-19/h7-14,18,22H,5-6,15-16H2,1-4H3,(H,26,29)/t18-,22+/m1/s1. The number of amides is 2. The molecule has 4 nitrogen and oxygen atoms in total. The number of nitrogens with one attached hydrogen (secondary N) is 1. The minimum absolute atomic E-state index is 0.0698. The lowest BCUT2D eigenvalue weighted by molar-refractivity contribution is -0.141. The van der Waals surface area contributed by atoms with Crippen LogP contribution in [0.5, 0.6) is 0 Å². The molecule has 0 spiro atoms. The summed E-state index contributed by atoms with van der Waals surface area (Å²) in [7, 11) is 0. The van der Waals surface area contributed by atoms with Crippen molar-refractivity contribution in [2.24, 2.45) is 0 Å². The molecule has 0 aliphatic carbocycles. The molecule has 0 aliphatic heterocycles. The van der Waals surface area contributed by atoms with Gasteiger partial charge in [0, 0.05) is 17.6 Å². The maximum absolute atomic E-state index is 13.3. The van der Waals surface area contributed by atoms with Gasteiger partial charge in [0.05, 0.1) is 6.42 Å². The predicted octanol–water partition coefficient (Wildman–Crippen LogP) is 4.91. The van der Waals surface area contributed by atoms with Crippen LogP contribution in [0.25, 0.3) is 0 Å². The number of nitrogens with zero attached hydrogens (tertiary/aromatic N) is 1. The van der Waals surface area contributed by atoms with Crippen LogP contribution in [0.15, 0.2) is 48.5 Å². The predicted molar refractivity (Wildman–Crippen MR) is 119 cm³/mol. The van der Waals surface area contributed by atoms with Gasteiger partial charge in [-0.25, -0.2) is 0 Å². The molecule has 5 heteroatoms. The van der Waals surface area contributed by atoms with Gasteiger partial charge >= 0.3 is 0 Å². The van der Waals surface area contributed by atoms with Crippen LogP contribution in [0.1, 0.15) is 50.3 Å². The lowest BCUT2D eigenvalue weighted by Crippen LogP contribution is -2.51. The van der Waals surface area contributed by atoms with E-state index < -0.39 is 6.04 Å². The second-order valence-electron chi connectivity index (χ2n) is 7.56. The molecule has 0 radical (unpaired) electrons. The van der Waals surface area contributed by atoms with Crippen molar-refractivity contribution in [3.63, 3.8) is 0 Å². The van der Waals surface area contributed by atoms with Gasteiger partial charge in [0.1, 0.15) is 6.04 Å². The molecule has 0 fully saturated rings. The first kappa shape index (κ1) is 23.0. The Morgan fingerprint density at radius 1 is 1.03 bits per heavy atom. The van der Waals surface area contributed by atoms with Gasteiger partial charge in [-0.15, -0.1) is 0 Å². The number of hydrogen-bond donors (Lipinski definition) is 1. The molecular formula is C24H31ClN2O2. The Morgan fingerprint density at radius 3 is 2.34 bits per heavy atom. The highest BCUT2D eigenvalue weighted by Gasteiger charge is 2.29. The summed E-state index contributed by atoms with van der Waals surface area (Å²) in [5.41, 5.74) is 2.98. The van der Waals surface area contributed by atoms with E-state index in [2.05, 4.69) is 11.4 Å². The molecule has 0 aliphatic rings. The molecule has 2 aromatic rings. The highest BCUT2D eigenvalue weighted by atomic mass is 35.5. The van der Waals surface area contributed by atoms with Crippen LogP contribution in [0.3, 0.4) is 0 Å². The van der Waals surface area contributed by atoms with Crippen LogP contribution < -0.4 is 5.32 Å². The lowest BCUT2D eigenvalue weighted by atomic mass is 10.1. The smallest absolute Gasteiger partial charge is 0.243 e. The van der Waals surface area contributed by atoms with E-state index in [9.17, 15) is 9.59 Å². The lowest BCUT2D eigenvalue weighted by Gasteiger charge is -2.31. The zero-order valence-electron chi connectivity index (χ0n) is 17.7. The second kappa shape index (κ2) is 11.0. The molecule has 2 aromatic carbocycles. The van der Waals surface area contributed by atoms with Crippen LogP contribution in [0.2, 0.25) is 5.02 Å². The first-order valence-corrected chi connectivity index (χ1v) is 10.6. The van der Waals surface area contributed by atoms with E-state index >= 15 is 0 Å². The minimum atomic E-state index is -0.517. The Balaban J connectivity index is 2.29. The Labute approximate surface area is 179 Å². The van der Waals surface area contributed by atoms with E-state index in [0.29, 0.717) is 18.0 Å². The van der Waals surface area contributed by atoms with Crippen molar-refractivity contribution < 1.29 is 9.59 Å². The zero-order chi connectivity index (χ0) is 21.4. The molecule has 0 bridgehead atoms. The topological polar surface area (TPSA) is 49.4 Å². The SMILES string of the molecule is CC[C@@H](C)NC(=O)[C@H](CC)N(Cc1cccc(C)c1)C(=O)Cc1cccc(Cl)c1. The van der Waals surface area contributed by atoms with Crippen LogP contribution in [-0.2, 0) is 22.6 Å². The molecule has 0 saturated carbocycles. The van der Waals surface area contributed by atoms with Gasteiger partial charge < -0.3 is 10.2 Å². The normalized spacial score (nSPS) is 12.9. The molecule has 156 valence electrons. The summed E-state index contributed by atoms with van der Waals surface area (Å²) in [4.78, 5) is 27.9. The number of carbonyl (C=O) groups excluding carboxylic acids is 2. The third kappa shape index (κ3) is 6.90. The minimum Gasteiger partial charge on any atom is -0.352 e. The fourth-order valence-electron chi connectivity index (χ4n) is 3.29.